The number of rotatable bonds is 4. The van der Waals surface area contributed by atoms with Gasteiger partial charge in [0, 0.05) is 31.9 Å². The lowest BCUT2D eigenvalue weighted by atomic mass is 10.2. The SMILES string of the molecule is CN(C)c1cc(F)c(F)c(OCc2ccccc2)c1. The summed E-state index contributed by atoms with van der Waals surface area (Å²) >= 11 is 0. The van der Waals surface area contributed by atoms with Crippen LogP contribution in [-0.4, -0.2) is 14.1 Å². The number of anilines is 1. The lowest BCUT2D eigenvalue weighted by Crippen LogP contribution is -2.10. The van der Waals surface area contributed by atoms with Gasteiger partial charge in [0.1, 0.15) is 6.61 Å². The van der Waals surface area contributed by atoms with Crippen LogP contribution in [0.4, 0.5) is 14.5 Å². The molecule has 2 nitrogen and oxygen atoms in total. The maximum absolute atomic E-state index is 13.6. The molecular formula is C15H15F2NO. The number of nitrogens with zero attached hydrogens (tertiary/aromatic N) is 1. The van der Waals surface area contributed by atoms with E-state index >= 15 is 0 Å². The van der Waals surface area contributed by atoms with Crippen LogP contribution in [0.5, 0.6) is 5.75 Å². The van der Waals surface area contributed by atoms with Crippen molar-refractivity contribution in [2.75, 3.05) is 19.0 Å². The Morgan fingerprint density at radius 3 is 2.37 bits per heavy atom. The summed E-state index contributed by atoms with van der Waals surface area (Å²) in [7, 11) is 3.52. The highest BCUT2D eigenvalue weighted by atomic mass is 19.2. The summed E-state index contributed by atoms with van der Waals surface area (Å²) in [6.07, 6.45) is 0. The van der Waals surface area contributed by atoms with Gasteiger partial charge in [-0.3, -0.25) is 0 Å². The van der Waals surface area contributed by atoms with Gasteiger partial charge in [0.05, 0.1) is 0 Å². The molecule has 19 heavy (non-hydrogen) atoms. The van der Waals surface area contributed by atoms with Crippen molar-refractivity contribution in [2.45, 2.75) is 6.61 Å². The molecule has 2 aromatic rings. The van der Waals surface area contributed by atoms with E-state index in [4.69, 9.17) is 4.74 Å². The molecule has 0 amide bonds. The predicted molar refractivity (Wildman–Crippen MR) is 71.5 cm³/mol. The van der Waals surface area contributed by atoms with E-state index in [1.807, 2.05) is 30.3 Å². The lowest BCUT2D eigenvalue weighted by molar-refractivity contribution is 0.285. The third kappa shape index (κ3) is 3.22. The Labute approximate surface area is 111 Å². The first-order chi connectivity index (χ1) is 9.08. The molecule has 0 bridgehead atoms. The first-order valence-electron chi connectivity index (χ1n) is 5.91. The number of benzene rings is 2. The number of ether oxygens (including phenoxy) is 1. The smallest absolute Gasteiger partial charge is 0.200 e. The summed E-state index contributed by atoms with van der Waals surface area (Å²) in [5.74, 6) is -1.94. The van der Waals surface area contributed by atoms with Crippen molar-refractivity contribution in [2.24, 2.45) is 0 Å². The summed E-state index contributed by atoms with van der Waals surface area (Å²) in [5, 5.41) is 0. The minimum atomic E-state index is -0.957. The van der Waals surface area contributed by atoms with E-state index in [2.05, 4.69) is 0 Å². The van der Waals surface area contributed by atoms with Crippen molar-refractivity contribution >= 4 is 5.69 Å². The maximum Gasteiger partial charge on any atom is 0.200 e. The zero-order valence-electron chi connectivity index (χ0n) is 10.9. The third-order valence-corrected chi connectivity index (χ3v) is 2.73. The predicted octanol–water partition coefficient (Wildman–Crippen LogP) is 3.61. The summed E-state index contributed by atoms with van der Waals surface area (Å²) < 4.78 is 32.4. The average Bonchev–Trinajstić information content (AvgIpc) is 2.41. The highest BCUT2D eigenvalue weighted by Crippen LogP contribution is 2.27. The summed E-state index contributed by atoms with van der Waals surface area (Å²) in [6, 6.07) is 12.0. The van der Waals surface area contributed by atoms with Crippen molar-refractivity contribution < 1.29 is 13.5 Å². The number of halogens is 2. The minimum absolute atomic E-state index is 0.0763. The van der Waals surface area contributed by atoms with E-state index in [0.717, 1.165) is 11.6 Å². The maximum atomic E-state index is 13.6. The quantitative estimate of drug-likeness (QED) is 0.835. The van der Waals surface area contributed by atoms with E-state index in [9.17, 15) is 8.78 Å². The summed E-state index contributed by atoms with van der Waals surface area (Å²) in [4.78, 5) is 1.69. The molecule has 0 fully saturated rings. The van der Waals surface area contributed by atoms with Gasteiger partial charge in [0.2, 0.25) is 5.82 Å². The van der Waals surface area contributed by atoms with Crippen molar-refractivity contribution in [1.82, 2.24) is 0 Å². The van der Waals surface area contributed by atoms with Crippen LogP contribution >= 0.6 is 0 Å². The molecule has 0 unspecified atom stereocenters. The molecule has 0 aliphatic heterocycles. The fourth-order valence-electron chi connectivity index (χ4n) is 1.65. The largest absolute Gasteiger partial charge is 0.486 e. The normalized spacial score (nSPS) is 10.3. The molecule has 0 aliphatic rings. The fraction of sp³-hybridized carbons (Fsp3) is 0.200. The van der Waals surface area contributed by atoms with E-state index in [1.165, 1.54) is 6.07 Å². The van der Waals surface area contributed by atoms with Crippen molar-refractivity contribution in [3.63, 3.8) is 0 Å². The number of hydrogen-bond acceptors (Lipinski definition) is 2. The van der Waals surface area contributed by atoms with Gasteiger partial charge in [0.15, 0.2) is 11.6 Å². The van der Waals surface area contributed by atoms with Crippen molar-refractivity contribution in [3.05, 3.63) is 59.7 Å². The van der Waals surface area contributed by atoms with E-state index in [1.54, 1.807) is 19.0 Å². The zero-order chi connectivity index (χ0) is 13.8. The van der Waals surface area contributed by atoms with Gasteiger partial charge in [-0.15, -0.1) is 0 Å². The van der Waals surface area contributed by atoms with Crippen LogP contribution in [0.2, 0.25) is 0 Å². The molecule has 0 aromatic heterocycles. The lowest BCUT2D eigenvalue weighted by Gasteiger charge is -2.15. The van der Waals surface area contributed by atoms with Crippen molar-refractivity contribution in [1.29, 1.82) is 0 Å². The van der Waals surface area contributed by atoms with Crippen LogP contribution in [0.15, 0.2) is 42.5 Å². The first-order valence-corrected chi connectivity index (χ1v) is 5.91. The summed E-state index contributed by atoms with van der Waals surface area (Å²) in [6.45, 7) is 0.202. The molecule has 0 saturated heterocycles. The molecular weight excluding hydrogens is 248 g/mol. The highest BCUT2D eigenvalue weighted by Gasteiger charge is 2.13. The van der Waals surface area contributed by atoms with Crippen LogP contribution in [0.25, 0.3) is 0 Å². The first kappa shape index (κ1) is 13.3. The van der Waals surface area contributed by atoms with E-state index in [0.29, 0.717) is 5.69 Å². The molecule has 0 radical (unpaired) electrons. The van der Waals surface area contributed by atoms with Crippen molar-refractivity contribution in [3.8, 4) is 5.75 Å². The molecule has 100 valence electrons. The Kier molecular flexibility index (Phi) is 4.00. The topological polar surface area (TPSA) is 12.5 Å². The zero-order valence-corrected chi connectivity index (χ0v) is 10.9. The highest BCUT2D eigenvalue weighted by molar-refractivity contribution is 5.50. The van der Waals surface area contributed by atoms with E-state index < -0.39 is 11.6 Å². The summed E-state index contributed by atoms with van der Waals surface area (Å²) in [5.41, 5.74) is 1.46. The number of hydrogen-bond donors (Lipinski definition) is 0. The Morgan fingerprint density at radius 1 is 1.05 bits per heavy atom. The van der Waals surface area contributed by atoms with Gasteiger partial charge in [-0.25, -0.2) is 4.39 Å². The van der Waals surface area contributed by atoms with Crippen LogP contribution < -0.4 is 9.64 Å². The molecule has 0 N–H and O–H groups in total. The Hall–Kier alpha value is -2.10. The molecule has 0 spiro atoms. The van der Waals surface area contributed by atoms with Crippen LogP contribution in [0.3, 0.4) is 0 Å². The Balaban J connectivity index is 2.20. The Morgan fingerprint density at radius 2 is 1.74 bits per heavy atom. The van der Waals surface area contributed by atoms with Crippen LogP contribution in [0, 0.1) is 11.6 Å². The van der Waals surface area contributed by atoms with Gasteiger partial charge in [-0.2, -0.15) is 4.39 Å². The molecule has 2 aromatic carbocycles. The van der Waals surface area contributed by atoms with Gasteiger partial charge >= 0.3 is 0 Å². The minimum Gasteiger partial charge on any atom is -0.486 e. The van der Waals surface area contributed by atoms with Gasteiger partial charge in [-0.1, -0.05) is 30.3 Å². The molecule has 0 saturated carbocycles. The molecule has 0 atom stereocenters. The van der Waals surface area contributed by atoms with Gasteiger partial charge in [0.25, 0.3) is 0 Å². The third-order valence-electron chi connectivity index (χ3n) is 2.73. The van der Waals surface area contributed by atoms with Gasteiger partial charge < -0.3 is 9.64 Å². The molecule has 4 heteroatoms. The molecule has 0 heterocycles. The van der Waals surface area contributed by atoms with Gasteiger partial charge in [-0.05, 0) is 5.56 Å². The fourth-order valence-corrected chi connectivity index (χ4v) is 1.65. The second kappa shape index (κ2) is 5.69. The van der Waals surface area contributed by atoms with Crippen LogP contribution in [-0.2, 0) is 6.61 Å². The van der Waals surface area contributed by atoms with Crippen LogP contribution in [0.1, 0.15) is 5.56 Å². The molecule has 0 aliphatic carbocycles. The van der Waals surface area contributed by atoms with E-state index in [-0.39, 0.29) is 12.4 Å². The molecule has 2 rings (SSSR count). The monoisotopic (exact) mass is 263 g/mol. The average molecular weight is 263 g/mol. The Bertz CT molecular complexity index is 556. The standard InChI is InChI=1S/C15H15F2NO/c1-18(2)12-8-13(16)15(17)14(9-12)19-10-11-6-4-3-5-7-11/h3-9H,10H2,1-2H3. The second-order valence-electron chi connectivity index (χ2n) is 4.41. The second-order valence-corrected chi connectivity index (χ2v) is 4.41.